The van der Waals surface area contributed by atoms with E-state index in [1.54, 1.807) is 0 Å². The second-order valence-corrected chi connectivity index (χ2v) is 4.23. The fraction of sp³-hybridized carbons (Fsp3) is 0.143. The van der Waals surface area contributed by atoms with Gasteiger partial charge in [0.1, 0.15) is 28.9 Å². The predicted octanol–water partition coefficient (Wildman–Crippen LogP) is 2.89. The van der Waals surface area contributed by atoms with E-state index in [0.717, 1.165) is 28.2 Å². The van der Waals surface area contributed by atoms with Gasteiger partial charge in [-0.2, -0.15) is 0 Å². The molecule has 2 aromatic heterocycles. The van der Waals surface area contributed by atoms with Gasteiger partial charge in [-0.25, -0.2) is 5.43 Å². The molecule has 4 nitrogen and oxygen atoms in total. The van der Waals surface area contributed by atoms with Crippen LogP contribution in [0.1, 0.15) is 23.3 Å². The molecule has 0 aliphatic carbocycles. The summed E-state index contributed by atoms with van der Waals surface area (Å²) in [5.74, 6) is 7.93. The summed E-state index contributed by atoms with van der Waals surface area (Å²) in [5.41, 5.74) is 3.56. The summed E-state index contributed by atoms with van der Waals surface area (Å²) in [6.45, 7) is 1.90. The van der Waals surface area contributed by atoms with Gasteiger partial charge < -0.3 is 8.83 Å². The quantitative estimate of drug-likeness (QED) is 0.547. The Labute approximate surface area is 104 Å². The molecule has 4 heteroatoms. The van der Waals surface area contributed by atoms with Crippen molar-refractivity contribution in [3.63, 3.8) is 0 Å². The summed E-state index contributed by atoms with van der Waals surface area (Å²) in [6.07, 6.45) is 0. The Balaban J connectivity index is 2.05. The van der Waals surface area contributed by atoms with Crippen LogP contribution in [0.2, 0.25) is 0 Å². The van der Waals surface area contributed by atoms with Crippen LogP contribution in [0.15, 0.2) is 51.3 Å². The van der Waals surface area contributed by atoms with E-state index >= 15 is 0 Å². The van der Waals surface area contributed by atoms with Gasteiger partial charge in [-0.05, 0) is 31.2 Å². The Morgan fingerprint density at radius 2 is 1.89 bits per heavy atom. The highest BCUT2D eigenvalue weighted by atomic mass is 16.4. The van der Waals surface area contributed by atoms with Crippen LogP contribution in [0.3, 0.4) is 0 Å². The average molecular weight is 242 g/mol. The molecular formula is C14H14N2O2. The van der Waals surface area contributed by atoms with Crippen molar-refractivity contribution in [1.29, 1.82) is 0 Å². The number of aryl methyl sites for hydroxylation is 1. The Morgan fingerprint density at radius 1 is 1.06 bits per heavy atom. The van der Waals surface area contributed by atoms with Crippen LogP contribution in [-0.2, 0) is 0 Å². The maximum atomic E-state index is 5.78. The van der Waals surface area contributed by atoms with Crippen molar-refractivity contribution in [3.8, 4) is 0 Å². The third-order valence-corrected chi connectivity index (χ3v) is 2.94. The third-order valence-electron chi connectivity index (χ3n) is 2.94. The van der Waals surface area contributed by atoms with Crippen molar-refractivity contribution in [2.24, 2.45) is 5.84 Å². The van der Waals surface area contributed by atoms with Crippen LogP contribution in [0.5, 0.6) is 0 Å². The van der Waals surface area contributed by atoms with Crippen LogP contribution < -0.4 is 11.3 Å². The van der Waals surface area contributed by atoms with E-state index in [4.69, 9.17) is 14.7 Å². The van der Waals surface area contributed by atoms with E-state index in [-0.39, 0.29) is 6.04 Å². The van der Waals surface area contributed by atoms with Crippen molar-refractivity contribution in [2.45, 2.75) is 13.0 Å². The number of nitrogens with two attached hydrogens (primary N) is 1. The van der Waals surface area contributed by atoms with Gasteiger partial charge in [0.2, 0.25) is 0 Å². The molecule has 0 radical (unpaired) electrons. The van der Waals surface area contributed by atoms with Crippen LogP contribution in [0.25, 0.3) is 11.0 Å². The number of fused-ring (bicyclic) bond motifs is 1. The smallest absolute Gasteiger partial charge is 0.137 e. The number of benzene rings is 1. The molecule has 0 spiro atoms. The molecule has 3 aromatic rings. The van der Waals surface area contributed by atoms with Gasteiger partial charge in [0.15, 0.2) is 0 Å². The minimum absolute atomic E-state index is 0.272. The van der Waals surface area contributed by atoms with Crippen molar-refractivity contribution >= 4 is 11.0 Å². The second-order valence-electron chi connectivity index (χ2n) is 4.23. The summed E-state index contributed by atoms with van der Waals surface area (Å²) < 4.78 is 11.4. The molecular weight excluding hydrogens is 228 g/mol. The molecule has 1 aromatic carbocycles. The normalized spacial score (nSPS) is 13.0. The zero-order valence-electron chi connectivity index (χ0n) is 10.0. The van der Waals surface area contributed by atoms with Gasteiger partial charge in [0.05, 0.1) is 0 Å². The fourth-order valence-corrected chi connectivity index (χ4v) is 2.06. The Hall–Kier alpha value is -2.04. The lowest BCUT2D eigenvalue weighted by atomic mass is 10.1. The third kappa shape index (κ3) is 1.81. The van der Waals surface area contributed by atoms with Crippen molar-refractivity contribution in [3.05, 3.63) is 59.7 Å². The summed E-state index contributed by atoms with van der Waals surface area (Å²) in [4.78, 5) is 0. The molecule has 18 heavy (non-hydrogen) atoms. The minimum Gasteiger partial charge on any atom is -0.464 e. The van der Waals surface area contributed by atoms with Gasteiger partial charge in [-0.3, -0.25) is 5.84 Å². The molecule has 2 heterocycles. The lowest BCUT2D eigenvalue weighted by Crippen LogP contribution is -2.28. The zero-order chi connectivity index (χ0) is 12.5. The molecule has 0 fully saturated rings. The van der Waals surface area contributed by atoms with Crippen molar-refractivity contribution < 1.29 is 8.83 Å². The molecule has 0 aliphatic heterocycles. The van der Waals surface area contributed by atoms with Crippen LogP contribution >= 0.6 is 0 Å². The number of para-hydroxylation sites is 1. The first-order chi connectivity index (χ1) is 8.78. The molecule has 3 rings (SSSR count). The van der Waals surface area contributed by atoms with E-state index in [0.29, 0.717) is 0 Å². The first kappa shape index (κ1) is 11.1. The minimum atomic E-state index is -0.272. The van der Waals surface area contributed by atoms with Crippen LogP contribution in [-0.4, -0.2) is 0 Å². The van der Waals surface area contributed by atoms with E-state index in [2.05, 4.69) is 5.43 Å². The summed E-state index contributed by atoms with van der Waals surface area (Å²) in [6, 6.07) is 13.4. The lowest BCUT2D eigenvalue weighted by molar-refractivity contribution is 0.394. The van der Waals surface area contributed by atoms with Gasteiger partial charge in [-0.1, -0.05) is 18.2 Å². The lowest BCUT2D eigenvalue weighted by Gasteiger charge is -2.09. The molecule has 92 valence electrons. The highest BCUT2D eigenvalue weighted by Crippen LogP contribution is 2.28. The van der Waals surface area contributed by atoms with Crippen LogP contribution in [0.4, 0.5) is 0 Å². The van der Waals surface area contributed by atoms with E-state index in [9.17, 15) is 0 Å². The maximum absolute atomic E-state index is 5.78. The summed E-state index contributed by atoms with van der Waals surface area (Å²) >= 11 is 0. The van der Waals surface area contributed by atoms with Crippen molar-refractivity contribution in [2.75, 3.05) is 0 Å². The highest BCUT2D eigenvalue weighted by molar-refractivity contribution is 5.77. The number of hydrogen-bond acceptors (Lipinski definition) is 4. The maximum Gasteiger partial charge on any atom is 0.137 e. The average Bonchev–Trinajstić information content (AvgIpc) is 2.96. The van der Waals surface area contributed by atoms with Gasteiger partial charge in [0.25, 0.3) is 0 Å². The number of nitrogens with one attached hydrogen (secondary N) is 1. The zero-order valence-corrected chi connectivity index (χ0v) is 10.0. The Bertz CT molecular complexity index is 636. The molecule has 0 bridgehead atoms. The van der Waals surface area contributed by atoms with Crippen LogP contribution in [0, 0.1) is 6.92 Å². The monoisotopic (exact) mass is 242 g/mol. The number of hydrogen-bond donors (Lipinski definition) is 2. The highest BCUT2D eigenvalue weighted by Gasteiger charge is 2.20. The Morgan fingerprint density at radius 3 is 2.56 bits per heavy atom. The molecule has 1 atom stereocenters. The first-order valence-corrected chi connectivity index (χ1v) is 5.79. The number of furan rings is 2. The SMILES string of the molecule is Cc1ccc(C(NN)c2cc3ccccc3o2)o1. The molecule has 1 unspecified atom stereocenters. The fourth-order valence-electron chi connectivity index (χ4n) is 2.06. The molecule has 0 saturated carbocycles. The topological polar surface area (TPSA) is 64.3 Å². The van der Waals surface area contributed by atoms with E-state index < -0.39 is 0 Å². The molecule has 3 N–H and O–H groups in total. The van der Waals surface area contributed by atoms with Gasteiger partial charge in [0, 0.05) is 5.39 Å². The Kier molecular flexibility index (Phi) is 2.66. The molecule has 0 aliphatic rings. The number of hydrazine groups is 1. The van der Waals surface area contributed by atoms with E-state index in [1.165, 1.54) is 0 Å². The molecule has 0 amide bonds. The number of rotatable bonds is 3. The second kappa shape index (κ2) is 4.33. The largest absolute Gasteiger partial charge is 0.464 e. The summed E-state index contributed by atoms with van der Waals surface area (Å²) in [7, 11) is 0. The van der Waals surface area contributed by atoms with Gasteiger partial charge in [-0.15, -0.1) is 0 Å². The van der Waals surface area contributed by atoms with Crippen molar-refractivity contribution in [1.82, 2.24) is 5.43 Å². The summed E-state index contributed by atoms with van der Waals surface area (Å²) in [5, 5.41) is 1.05. The predicted molar refractivity (Wildman–Crippen MR) is 68.8 cm³/mol. The van der Waals surface area contributed by atoms with E-state index in [1.807, 2.05) is 49.4 Å². The standard InChI is InChI=1S/C14H14N2O2/c1-9-6-7-12(17-9)14(16-15)13-8-10-4-2-3-5-11(10)18-13/h2-8,14,16H,15H2,1H3. The molecule has 0 saturated heterocycles. The van der Waals surface area contributed by atoms with Gasteiger partial charge >= 0.3 is 0 Å². The first-order valence-electron chi connectivity index (χ1n) is 5.79.